The predicted octanol–water partition coefficient (Wildman–Crippen LogP) is 1.97. The third kappa shape index (κ3) is 8.40. The Morgan fingerprint density at radius 2 is 1.71 bits per heavy atom. The Hall–Kier alpha value is -3.59. The number of hydrogen-bond donors (Lipinski definition) is 3. The van der Waals surface area contributed by atoms with Crippen molar-refractivity contribution < 1.29 is 33.7 Å². The average molecular weight is 473 g/mol. The quantitative estimate of drug-likeness (QED) is 0.282. The molecule has 0 bridgehead atoms. The molecule has 9 nitrogen and oxygen atoms in total. The zero-order valence-corrected chi connectivity index (χ0v) is 19.7. The molecule has 0 aromatic heterocycles. The Bertz CT molecular complexity index is 950. The van der Waals surface area contributed by atoms with E-state index in [-0.39, 0.29) is 6.42 Å². The Morgan fingerprint density at radius 3 is 2.32 bits per heavy atom. The summed E-state index contributed by atoms with van der Waals surface area (Å²) in [5, 5.41) is 14.9. The summed E-state index contributed by atoms with van der Waals surface area (Å²) in [5.74, 6) is -0.913. The van der Waals surface area contributed by atoms with Gasteiger partial charge in [-0.3, -0.25) is 9.59 Å². The summed E-state index contributed by atoms with van der Waals surface area (Å²) in [5.41, 5.74) is 1.81. The normalized spacial score (nSPS) is 12.3. The molecule has 0 aliphatic carbocycles. The van der Waals surface area contributed by atoms with Crippen LogP contribution in [0.5, 0.6) is 11.5 Å². The molecular formula is C25H32N2O7. The highest BCUT2D eigenvalue weighted by atomic mass is 16.5. The van der Waals surface area contributed by atoms with E-state index in [4.69, 9.17) is 14.2 Å². The first-order chi connectivity index (χ1) is 16.4. The van der Waals surface area contributed by atoms with Crippen LogP contribution in [0.25, 0.3) is 0 Å². The lowest BCUT2D eigenvalue weighted by Gasteiger charge is -2.21. The maximum absolute atomic E-state index is 12.9. The Morgan fingerprint density at radius 1 is 0.971 bits per heavy atom. The summed E-state index contributed by atoms with van der Waals surface area (Å²) in [6.45, 7) is 0.391. The van der Waals surface area contributed by atoms with Crippen molar-refractivity contribution in [3.63, 3.8) is 0 Å². The average Bonchev–Trinajstić information content (AvgIpc) is 2.85. The maximum atomic E-state index is 12.9. The van der Waals surface area contributed by atoms with Gasteiger partial charge in [-0.2, -0.15) is 0 Å². The van der Waals surface area contributed by atoms with Crippen LogP contribution < -0.4 is 20.1 Å². The first-order valence-corrected chi connectivity index (χ1v) is 11.0. The largest absolute Gasteiger partial charge is 0.497 e. The lowest BCUT2D eigenvalue weighted by molar-refractivity contribution is -0.145. The van der Waals surface area contributed by atoms with E-state index in [2.05, 4.69) is 10.6 Å². The highest BCUT2D eigenvalue weighted by molar-refractivity contribution is 5.90. The number of hydrogen-bond acceptors (Lipinski definition) is 7. The summed E-state index contributed by atoms with van der Waals surface area (Å²) < 4.78 is 15.4. The van der Waals surface area contributed by atoms with Gasteiger partial charge >= 0.3 is 11.9 Å². The van der Waals surface area contributed by atoms with Gasteiger partial charge in [-0.15, -0.1) is 0 Å². The molecule has 2 aromatic rings. The minimum atomic E-state index is -1.12. The van der Waals surface area contributed by atoms with Crippen molar-refractivity contribution in [1.82, 2.24) is 10.6 Å². The number of carbonyl (C=O) groups is 3. The van der Waals surface area contributed by atoms with Gasteiger partial charge in [-0.25, -0.2) is 4.79 Å². The molecule has 2 rings (SSSR count). The zero-order valence-electron chi connectivity index (χ0n) is 19.7. The number of carboxylic acid groups (broad SMARTS) is 1. The molecular weight excluding hydrogens is 440 g/mol. The van der Waals surface area contributed by atoms with Crippen LogP contribution in [-0.2, 0) is 32.0 Å². The van der Waals surface area contributed by atoms with Crippen molar-refractivity contribution in [1.29, 1.82) is 0 Å². The number of ether oxygens (including phenoxy) is 3. The fourth-order valence-electron chi connectivity index (χ4n) is 3.50. The number of amides is 1. The molecule has 184 valence electrons. The molecule has 3 N–H and O–H groups in total. The van der Waals surface area contributed by atoms with Gasteiger partial charge in [0.05, 0.1) is 33.8 Å². The first-order valence-electron chi connectivity index (χ1n) is 11.0. The van der Waals surface area contributed by atoms with Crippen LogP contribution in [0.15, 0.2) is 48.5 Å². The highest BCUT2D eigenvalue weighted by Gasteiger charge is 2.27. The topological polar surface area (TPSA) is 123 Å². The second kappa shape index (κ2) is 13.8. The van der Waals surface area contributed by atoms with Crippen molar-refractivity contribution in [2.75, 3.05) is 27.9 Å². The van der Waals surface area contributed by atoms with Gasteiger partial charge in [0.15, 0.2) is 0 Å². The molecule has 1 amide bonds. The molecule has 0 radical (unpaired) electrons. The van der Waals surface area contributed by atoms with Gasteiger partial charge in [0.2, 0.25) is 5.91 Å². The molecule has 2 aromatic carbocycles. The lowest BCUT2D eigenvalue weighted by Crippen LogP contribution is -2.52. The predicted molar refractivity (Wildman–Crippen MR) is 126 cm³/mol. The molecule has 0 unspecified atom stereocenters. The van der Waals surface area contributed by atoms with Gasteiger partial charge in [0, 0.05) is 12.5 Å². The first kappa shape index (κ1) is 26.7. The van der Waals surface area contributed by atoms with Crippen LogP contribution in [-0.4, -0.2) is 62.9 Å². The lowest BCUT2D eigenvalue weighted by atomic mass is 10.0. The molecule has 0 heterocycles. The van der Waals surface area contributed by atoms with Crippen molar-refractivity contribution in [3.05, 3.63) is 59.7 Å². The van der Waals surface area contributed by atoms with Crippen LogP contribution in [0, 0.1) is 0 Å². The van der Waals surface area contributed by atoms with E-state index in [0.29, 0.717) is 30.9 Å². The third-order valence-corrected chi connectivity index (χ3v) is 5.29. The number of carbonyl (C=O) groups excluding carboxylic acids is 2. The highest BCUT2D eigenvalue weighted by Crippen LogP contribution is 2.25. The van der Waals surface area contributed by atoms with Crippen LogP contribution in [0.1, 0.15) is 24.0 Å². The molecule has 0 aliphatic heterocycles. The van der Waals surface area contributed by atoms with Crippen LogP contribution in [0.4, 0.5) is 0 Å². The summed E-state index contributed by atoms with van der Waals surface area (Å²) >= 11 is 0. The van der Waals surface area contributed by atoms with Gasteiger partial charge in [-0.05, 0) is 36.6 Å². The molecule has 34 heavy (non-hydrogen) atoms. The van der Waals surface area contributed by atoms with Gasteiger partial charge in [0.1, 0.15) is 17.5 Å². The number of carboxylic acids is 1. The second-order valence-corrected chi connectivity index (χ2v) is 7.66. The monoisotopic (exact) mass is 472 g/mol. The molecule has 0 saturated carbocycles. The maximum Gasteiger partial charge on any atom is 0.328 e. The molecule has 0 spiro atoms. The van der Waals surface area contributed by atoms with Gasteiger partial charge < -0.3 is 30.0 Å². The van der Waals surface area contributed by atoms with Gasteiger partial charge in [0.25, 0.3) is 0 Å². The SMILES string of the molecule is COC(=O)[C@H](Cc1ccccc1)NC(=O)[C@H](CC(=O)O)NCCCc1ccc(OC)cc1OC. The van der Waals surface area contributed by atoms with Crippen molar-refractivity contribution in [3.8, 4) is 11.5 Å². The van der Waals surface area contributed by atoms with E-state index in [1.165, 1.54) is 7.11 Å². The molecule has 2 atom stereocenters. The number of rotatable bonds is 14. The number of aliphatic carboxylic acids is 1. The Labute approximate surface area is 199 Å². The summed E-state index contributed by atoms with van der Waals surface area (Å²) in [7, 11) is 4.40. The van der Waals surface area contributed by atoms with Crippen LogP contribution >= 0.6 is 0 Å². The van der Waals surface area contributed by atoms with Crippen molar-refractivity contribution >= 4 is 17.8 Å². The van der Waals surface area contributed by atoms with Crippen LogP contribution in [0.3, 0.4) is 0 Å². The standard InChI is InChI=1S/C25H32N2O7/c1-32-19-12-11-18(22(15-19)33-2)10-7-13-26-20(16-23(28)29)24(30)27-21(25(31)34-3)14-17-8-5-4-6-9-17/h4-6,8-9,11-12,15,20-21,26H,7,10,13-14,16H2,1-3H3,(H,27,30)(H,28,29)/t20-,21-/m0/s1. The fourth-order valence-corrected chi connectivity index (χ4v) is 3.50. The summed E-state index contributed by atoms with van der Waals surface area (Å²) in [6, 6.07) is 12.8. The second-order valence-electron chi connectivity index (χ2n) is 7.66. The number of aryl methyl sites for hydroxylation is 1. The minimum Gasteiger partial charge on any atom is -0.497 e. The molecule has 0 fully saturated rings. The van der Waals surface area contributed by atoms with Crippen molar-refractivity contribution in [2.24, 2.45) is 0 Å². The van der Waals surface area contributed by atoms with Crippen LogP contribution in [0.2, 0.25) is 0 Å². The zero-order chi connectivity index (χ0) is 24.9. The number of nitrogens with one attached hydrogen (secondary N) is 2. The summed E-state index contributed by atoms with van der Waals surface area (Å²) in [4.78, 5) is 36.4. The van der Waals surface area contributed by atoms with E-state index >= 15 is 0 Å². The molecule has 0 saturated heterocycles. The van der Waals surface area contributed by atoms with E-state index in [1.54, 1.807) is 20.3 Å². The van der Waals surface area contributed by atoms with E-state index in [9.17, 15) is 19.5 Å². The van der Waals surface area contributed by atoms with E-state index in [1.807, 2.05) is 42.5 Å². The van der Waals surface area contributed by atoms with E-state index < -0.39 is 36.4 Å². The Kier molecular flexibility index (Phi) is 10.9. The minimum absolute atomic E-state index is 0.232. The van der Waals surface area contributed by atoms with Crippen molar-refractivity contribution in [2.45, 2.75) is 37.8 Å². The number of benzene rings is 2. The smallest absolute Gasteiger partial charge is 0.328 e. The third-order valence-electron chi connectivity index (χ3n) is 5.29. The molecule has 0 aliphatic rings. The number of methoxy groups -OCH3 is 3. The molecule has 9 heteroatoms. The fraction of sp³-hybridized carbons (Fsp3) is 0.400. The Balaban J connectivity index is 1.98. The van der Waals surface area contributed by atoms with E-state index in [0.717, 1.165) is 11.1 Å². The van der Waals surface area contributed by atoms with Gasteiger partial charge in [-0.1, -0.05) is 36.4 Å². The number of esters is 1. The summed E-state index contributed by atoms with van der Waals surface area (Å²) in [6.07, 6.45) is 1.10.